The molecule has 0 saturated carbocycles. The average Bonchev–Trinajstić information content (AvgIpc) is 3.02. The highest BCUT2D eigenvalue weighted by atomic mass is 32.2. The van der Waals surface area contributed by atoms with Gasteiger partial charge in [0.2, 0.25) is 5.91 Å². The van der Waals surface area contributed by atoms with E-state index in [1.165, 1.54) is 0 Å². The van der Waals surface area contributed by atoms with Crippen LogP contribution in [0.15, 0.2) is 47.4 Å². The molecule has 2 aliphatic rings. The van der Waals surface area contributed by atoms with Gasteiger partial charge in [0.1, 0.15) is 18.0 Å². The second kappa shape index (κ2) is 12.0. The van der Waals surface area contributed by atoms with E-state index in [0.717, 1.165) is 21.7 Å². The van der Waals surface area contributed by atoms with Crippen LogP contribution in [0.2, 0.25) is 0 Å². The number of aliphatic carboxylic acids is 1. The molecular weight excluding hydrogens is 516 g/mol. The van der Waals surface area contributed by atoms with Gasteiger partial charge >= 0.3 is 5.97 Å². The number of carbonyl (C=O) groups is 3. The van der Waals surface area contributed by atoms with Crippen LogP contribution in [-0.2, 0) is 19.1 Å². The quantitative estimate of drug-likeness (QED) is 0.481. The van der Waals surface area contributed by atoms with E-state index in [4.69, 9.17) is 9.47 Å². The SMILES string of the molecule is COc1ccccc1[C@@H]1O[C@@H](CC(=O)N2CCCC(C(=O)O)C2)C(=O)N(CC(C)(C)C)c2ccc(SC)cc21. The predicted molar refractivity (Wildman–Crippen MR) is 151 cm³/mol. The summed E-state index contributed by atoms with van der Waals surface area (Å²) in [5.41, 5.74) is 2.14. The molecule has 0 aliphatic carbocycles. The summed E-state index contributed by atoms with van der Waals surface area (Å²) in [4.78, 5) is 43.6. The van der Waals surface area contributed by atoms with Crippen LogP contribution in [0, 0.1) is 11.3 Å². The second-order valence-corrected chi connectivity index (χ2v) is 12.3. The van der Waals surface area contributed by atoms with E-state index >= 15 is 0 Å². The van der Waals surface area contributed by atoms with Crippen molar-refractivity contribution >= 4 is 35.2 Å². The Bertz CT molecular complexity index is 1230. The molecule has 0 aromatic heterocycles. The zero-order chi connectivity index (χ0) is 28.3. The first-order valence-electron chi connectivity index (χ1n) is 13.3. The topological polar surface area (TPSA) is 96.4 Å². The molecule has 1 unspecified atom stereocenters. The molecule has 9 heteroatoms. The smallest absolute Gasteiger partial charge is 0.308 e. The van der Waals surface area contributed by atoms with Crippen LogP contribution >= 0.6 is 11.8 Å². The van der Waals surface area contributed by atoms with Crippen molar-refractivity contribution in [2.45, 2.75) is 57.1 Å². The van der Waals surface area contributed by atoms with Gasteiger partial charge in [-0.15, -0.1) is 11.8 Å². The first-order valence-corrected chi connectivity index (χ1v) is 14.5. The largest absolute Gasteiger partial charge is 0.496 e. The molecule has 2 amide bonds. The van der Waals surface area contributed by atoms with Crippen molar-refractivity contribution < 1.29 is 29.0 Å². The van der Waals surface area contributed by atoms with Crippen molar-refractivity contribution in [3.05, 3.63) is 53.6 Å². The number of methoxy groups -OCH3 is 1. The summed E-state index contributed by atoms with van der Waals surface area (Å²) in [5, 5.41) is 9.50. The Morgan fingerprint density at radius 3 is 2.56 bits per heavy atom. The number of likely N-dealkylation sites (tertiary alicyclic amines) is 1. The summed E-state index contributed by atoms with van der Waals surface area (Å²) < 4.78 is 12.3. The number of carbonyl (C=O) groups excluding carboxylic acids is 2. The van der Waals surface area contributed by atoms with Crippen molar-refractivity contribution in [3.8, 4) is 5.75 Å². The number of ether oxygens (including phenoxy) is 2. The van der Waals surface area contributed by atoms with Gasteiger partial charge in [-0.1, -0.05) is 39.0 Å². The number of fused-ring (bicyclic) bond motifs is 1. The molecule has 39 heavy (non-hydrogen) atoms. The summed E-state index contributed by atoms with van der Waals surface area (Å²) in [6.45, 7) is 7.27. The zero-order valence-corrected chi connectivity index (χ0v) is 24.1. The van der Waals surface area contributed by atoms with Crippen LogP contribution in [0.5, 0.6) is 5.75 Å². The Morgan fingerprint density at radius 1 is 1.15 bits per heavy atom. The first kappa shape index (κ1) is 29.0. The maximum absolute atomic E-state index is 14.2. The number of amides is 2. The molecule has 2 aromatic carbocycles. The minimum absolute atomic E-state index is 0.147. The van der Waals surface area contributed by atoms with Gasteiger partial charge in [0.05, 0.1) is 19.4 Å². The molecule has 1 saturated heterocycles. The number of carboxylic acids is 1. The summed E-state index contributed by atoms with van der Waals surface area (Å²) >= 11 is 1.60. The third-order valence-corrected chi connectivity index (χ3v) is 7.91. The third kappa shape index (κ3) is 6.58. The third-order valence-electron chi connectivity index (χ3n) is 7.19. The lowest BCUT2D eigenvalue weighted by Crippen LogP contribution is -2.47. The monoisotopic (exact) mass is 554 g/mol. The van der Waals surface area contributed by atoms with Gasteiger partial charge in [-0.3, -0.25) is 14.4 Å². The van der Waals surface area contributed by atoms with E-state index < -0.39 is 24.1 Å². The highest BCUT2D eigenvalue weighted by Crippen LogP contribution is 2.43. The normalized spacial score (nSPS) is 21.8. The van der Waals surface area contributed by atoms with E-state index in [2.05, 4.69) is 20.8 Å². The van der Waals surface area contributed by atoms with Gasteiger partial charge in [-0.05, 0) is 48.8 Å². The minimum atomic E-state index is -1.05. The van der Waals surface area contributed by atoms with Crippen LogP contribution in [0.1, 0.15) is 57.3 Å². The van der Waals surface area contributed by atoms with Gasteiger partial charge in [-0.2, -0.15) is 0 Å². The van der Waals surface area contributed by atoms with Crippen LogP contribution < -0.4 is 9.64 Å². The molecule has 2 heterocycles. The number of carboxylic acid groups (broad SMARTS) is 1. The number of piperidine rings is 1. The molecule has 0 spiro atoms. The molecular formula is C30H38N2O6S. The number of anilines is 1. The standard InChI is InChI=1S/C30H38N2O6S/c1-30(2,3)18-32-23-13-12-20(39-5)15-22(23)27(21-10-6-7-11-24(21)37-4)38-25(28(32)34)16-26(33)31-14-8-9-19(17-31)29(35)36/h6-7,10-13,15,19,25,27H,8-9,14,16-18H2,1-5H3,(H,35,36)/t19?,25-,27-/m0/s1. The summed E-state index contributed by atoms with van der Waals surface area (Å²) in [5.74, 6) is -1.42. The van der Waals surface area contributed by atoms with Crippen molar-refractivity contribution in [1.29, 1.82) is 0 Å². The maximum atomic E-state index is 14.2. The van der Waals surface area contributed by atoms with Gasteiger partial charge in [0.15, 0.2) is 0 Å². The van der Waals surface area contributed by atoms with E-state index in [9.17, 15) is 19.5 Å². The minimum Gasteiger partial charge on any atom is -0.496 e. The Morgan fingerprint density at radius 2 is 1.90 bits per heavy atom. The fourth-order valence-electron chi connectivity index (χ4n) is 5.29. The molecule has 2 aromatic rings. The van der Waals surface area contributed by atoms with Crippen LogP contribution in [0.4, 0.5) is 5.69 Å². The van der Waals surface area contributed by atoms with Crippen LogP contribution in [-0.4, -0.2) is 66.9 Å². The molecule has 0 bridgehead atoms. The first-order chi connectivity index (χ1) is 18.5. The summed E-state index contributed by atoms with van der Waals surface area (Å²) in [7, 11) is 1.60. The Kier molecular flexibility index (Phi) is 8.91. The number of thioether (sulfide) groups is 1. The predicted octanol–water partition coefficient (Wildman–Crippen LogP) is 5.00. The Labute approximate surface area is 234 Å². The van der Waals surface area contributed by atoms with Gasteiger partial charge in [0.25, 0.3) is 5.91 Å². The van der Waals surface area contributed by atoms with Crippen LogP contribution in [0.25, 0.3) is 0 Å². The molecule has 0 radical (unpaired) electrons. The fraction of sp³-hybridized carbons (Fsp3) is 0.500. The molecule has 3 atom stereocenters. The average molecular weight is 555 g/mol. The Balaban J connectivity index is 1.78. The van der Waals surface area contributed by atoms with E-state index in [-0.39, 0.29) is 30.2 Å². The number of nitrogens with zero attached hydrogens (tertiary/aromatic N) is 2. The molecule has 1 fully saturated rings. The number of hydrogen-bond donors (Lipinski definition) is 1. The molecule has 1 N–H and O–H groups in total. The number of hydrogen-bond acceptors (Lipinski definition) is 6. The molecule has 210 valence electrons. The molecule has 2 aliphatic heterocycles. The highest BCUT2D eigenvalue weighted by Gasteiger charge is 2.41. The maximum Gasteiger partial charge on any atom is 0.308 e. The number of rotatable bonds is 7. The van der Waals surface area contributed by atoms with Crippen molar-refractivity contribution in [2.24, 2.45) is 11.3 Å². The van der Waals surface area contributed by atoms with E-state index in [1.807, 2.05) is 48.7 Å². The van der Waals surface area contributed by atoms with Gasteiger partial charge in [0, 0.05) is 41.3 Å². The van der Waals surface area contributed by atoms with Crippen molar-refractivity contribution in [1.82, 2.24) is 4.90 Å². The fourth-order valence-corrected chi connectivity index (χ4v) is 5.74. The molecule has 4 rings (SSSR count). The van der Waals surface area contributed by atoms with Crippen molar-refractivity contribution in [3.63, 3.8) is 0 Å². The Hall–Kier alpha value is -3.04. The number of benzene rings is 2. The van der Waals surface area contributed by atoms with E-state index in [0.29, 0.717) is 31.7 Å². The lowest BCUT2D eigenvalue weighted by molar-refractivity contribution is -0.148. The highest BCUT2D eigenvalue weighted by molar-refractivity contribution is 7.98. The number of para-hydroxylation sites is 1. The van der Waals surface area contributed by atoms with Gasteiger partial charge in [-0.25, -0.2) is 0 Å². The van der Waals surface area contributed by atoms with Gasteiger partial charge < -0.3 is 24.4 Å². The summed E-state index contributed by atoms with van der Waals surface area (Å²) in [6, 6.07) is 13.6. The molecule has 8 nitrogen and oxygen atoms in total. The zero-order valence-electron chi connectivity index (χ0n) is 23.3. The second-order valence-electron chi connectivity index (χ2n) is 11.4. The lowest BCUT2D eigenvalue weighted by atomic mass is 9.94. The van der Waals surface area contributed by atoms with Crippen LogP contribution in [0.3, 0.4) is 0 Å². The lowest BCUT2D eigenvalue weighted by Gasteiger charge is -2.33. The summed E-state index contributed by atoms with van der Waals surface area (Å²) in [6.07, 6.45) is 1.29. The van der Waals surface area contributed by atoms with Crippen molar-refractivity contribution in [2.75, 3.05) is 37.9 Å². The van der Waals surface area contributed by atoms with E-state index in [1.54, 1.807) is 28.7 Å².